The van der Waals surface area contributed by atoms with Gasteiger partial charge in [0.15, 0.2) is 0 Å². The van der Waals surface area contributed by atoms with Crippen molar-refractivity contribution in [2.24, 2.45) is 0 Å². The Balaban J connectivity index is 3.18. The van der Waals surface area contributed by atoms with Gasteiger partial charge < -0.3 is 10.1 Å². The maximum atomic E-state index is 11.9. The van der Waals surface area contributed by atoms with Gasteiger partial charge >= 0.3 is 0 Å². The standard InChI is InChI=1S/C12H16N2O3S/c1-5-8-13-11-7-6-10(9-12(11)17-4)18(15,16)14(2)3/h1,6-7,9,13H,8H2,2-4H3. The molecule has 0 bridgehead atoms. The molecular weight excluding hydrogens is 252 g/mol. The fourth-order valence-corrected chi connectivity index (χ4v) is 2.25. The fraction of sp³-hybridized carbons (Fsp3) is 0.333. The smallest absolute Gasteiger partial charge is 0.242 e. The minimum atomic E-state index is -3.46. The van der Waals surface area contributed by atoms with Gasteiger partial charge in [-0.3, -0.25) is 0 Å². The topological polar surface area (TPSA) is 58.6 Å². The minimum absolute atomic E-state index is 0.176. The summed E-state index contributed by atoms with van der Waals surface area (Å²) < 4.78 is 30.2. The molecule has 0 unspecified atom stereocenters. The Morgan fingerprint density at radius 3 is 2.61 bits per heavy atom. The number of sulfonamides is 1. The number of rotatable bonds is 5. The quantitative estimate of drug-likeness (QED) is 0.809. The Kier molecular flexibility index (Phi) is 4.59. The average Bonchev–Trinajstić information content (AvgIpc) is 2.35. The van der Waals surface area contributed by atoms with Crippen molar-refractivity contribution in [2.45, 2.75) is 4.90 Å². The van der Waals surface area contributed by atoms with Gasteiger partial charge in [0.2, 0.25) is 10.0 Å². The number of anilines is 1. The van der Waals surface area contributed by atoms with Crippen molar-refractivity contribution in [3.05, 3.63) is 18.2 Å². The molecule has 0 fully saturated rings. The molecule has 0 aliphatic carbocycles. The van der Waals surface area contributed by atoms with E-state index in [4.69, 9.17) is 11.2 Å². The summed E-state index contributed by atoms with van der Waals surface area (Å²) in [7, 11) is 0.970. The molecule has 1 aromatic rings. The number of ether oxygens (including phenoxy) is 1. The molecule has 1 aromatic carbocycles. The van der Waals surface area contributed by atoms with E-state index >= 15 is 0 Å². The molecule has 98 valence electrons. The van der Waals surface area contributed by atoms with Crippen LogP contribution in [-0.2, 0) is 10.0 Å². The first-order chi connectivity index (χ1) is 8.43. The SMILES string of the molecule is C#CCNc1ccc(S(=O)(=O)N(C)C)cc1OC. The first kappa shape index (κ1) is 14.4. The van der Waals surface area contributed by atoms with Gasteiger partial charge in [-0.1, -0.05) is 5.92 Å². The zero-order chi connectivity index (χ0) is 13.8. The highest BCUT2D eigenvalue weighted by Gasteiger charge is 2.18. The Labute approximate surface area is 108 Å². The lowest BCUT2D eigenvalue weighted by molar-refractivity contribution is 0.415. The number of terminal acetylenes is 1. The van der Waals surface area contributed by atoms with Gasteiger partial charge in [-0.25, -0.2) is 12.7 Å². The fourth-order valence-electron chi connectivity index (χ4n) is 1.34. The number of hydrogen-bond acceptors (Lipinski definition) is 4. The normalized spacial score (nSPS) is 11.1. The first-order valence-electron chi connectivity index (χ1n) is 5.21. The Morgan fingerprint density at radius 1 is 1.44 bits per heavy atom. The van der Waals surface area contributed by atoms with E-state index < -0.39 is 10.0 Å². The van der Waals surface area contributed by atoms with Crippen molar-refractivity contribution in [3.8, 4) is 18.1 Å². The molecule has 0 amide bonds. The number of hydrogen-bond donors (Lipinski definition) is 1. The molecule has 0 atom stereocenters. The Morgan fingerprint density at radius 2 is 2.11 bits per heavy atom. The lowest BCUT2D eigenvalue weighted by Gasteiger charge is -2.14. The van der Waals surface area contributed by atoms with E-state index in [-0.39, 0.29) is 4.90 Å². The van der Waals surface area contributed by atoms with Gasteiger partial charge in [-0.05, 0) is 12.1 Å². The van der Waals surface area contributed by atoms with E-state index in [1.807, 2.05) is 0 Å². The van der Waals surface area contributed by atoms with Crippen molar-refractivity contribution in [1.29, 1.82) is 0 Å². The Hall–Kier alpha value is -1.71. The van der Waals surface area contributed by atoms with Crippen molar-refractivity contribution in [1.82, 2.24) is 4.31 Å². The predicted molar refractivity (Wildman–Crippen MR) is 71.2 cm³/mol. The third-order valence-electron chi connectivity index (χ3n) is 2.33. The number of nitrogens with zero attached hydrogens (tertiary/aromatic N) is 1. The van der Waals surface area contributed by atoms with Crippen LogP contribution in [0, 0.1) is 12.3 Å². The second kappa shape index (κ2) is 5.76. The van der Waals surface area contributed by atoms with E-state index in [9.17, 15) is 8.42 Å². The molecule has 0 saturated carbocycles. The van der Waals surface area contributed by atoms with Gasteiger partial charge in [-0.15, -0.1) is 6.42 Å². The van der Waals surface area contributed by atoms with Crippen LogP contribution in [0.5, 0.6) is 5.75 Å². The molecule has 0 aromatic heterocycles. The summed E-state index contributed by atoms with van der Waals surface area (Å²) in [6.45, 7) is 0.343. The summed E-state index contributed by atoms with van der Waals surface area (Å²) in [6, 6.07) is 4.61. The number of methoxy groups -OCH3 is 1. The molecule has 1 N–H and O–H groups in total. The molecule has 6 heteroatoms. The molecule has 1 rings (SSSR count). The summed E-state index contributed by atoms with van der Waals surface area (Å²) in [6.07, 6.45) is 5.15. The molecule has 0 radical (unpaired) electrons. The zero-order valence-corrected chi connectivity index (χ0v) is 11.4. The van der Waals surface area contributed by atoms with E-state index in [1.165, 1.54) is 33.3 Å². The zero-order valence-electron chi connectivity index (χ0n) is 10.6. The monoisotopic (exact) mass is 268 g/mol. The highest BCUT2D eigenvalue weighted by molar-refractivity contribution is 7.89. The molecule has 0 saturated heterocycles. The molecule has 0 aliphatic rings. The van der Waals surface area contributed by atoms with Crippen molar-refractivity contribution in [3.63, 3.8) is 0 Å². The van der Waals surface area contributed by atoms with Gasteiger partial charge in [0.25, 0.3) is 0 Å². The van der Waals surface area contributed by atoms with Gasteiger partial charge in [0.05, 0.1) is 24.2 Å². The molecule has 0 heterocycles. The predicted octanol–water partition coefficient (Wildman–Crippen LogP) is 0.991. The molecule has 0 aliphatic heterocycles. The summed E-state index contributed by atoms with van der Waals surface area (Å²) >= 11 is 0. The number of nitrogens with one attached hydrogen (secondary N) is 1. The van der Waals surface area contributed by atoms with Crippen LogP contribution in [0.25, 0.3) is 0 Å². The Bertz CT molecular complexity index is 559. The minimum Gasteiger partial charge on any atom is -0.495 e. The second-order valence-electron chi connectivity index (χ2n) is 3.71. The third-order valence-corrected chi connectivity index (χ3v) is 4.14. The van der Waals surface area contributed by atoms with Crippen molar-refractivity contribution < 1.29 is 13.2 Å². The van der Waals surface area contributed by atoms with Crippen molar-refractivity contribution >= 4 is 15.7 Å². The summed E-state index contributed by atoms with van der Waals surface area (Å²) in [5.41, 5.74) is 0.660. The first-order valence-corrected chi connectivity index (χ1v) is 6.65. The van der Waals surface area contributed by atoms with Crippen LogP contribution < -0.4 is 10.1 Å². The second-order valence-corrected chi connectivity index (χ2v) is 5.86. The highest BCUT2D eigenvalue weighted by atomic mass is 32.2. The molecule has 5 nitrogen and oxygen atoms in total. The van der Waals surface area contributed by atoms with Crippen LogP contribution in [0.1, 0.15) is 0 Å². The van der Waals surface area contributed by atoms with E-state index in [0.29, 0.717) is 18.0 Å². The summed E-state index contributed by atoms with van der Waals surface area (Å²) in [4.78, 5) is 0.176. The lowest BCUT2D eigenvalue weighted by atomic mass is 10.3. The van der Waals surface area contributed by atoms with Gasteiger partial charge in [0.1, 0.15) is 5.75 Å². The van der Waals surface area contributed by atoms with Crippen LogP contribution in [0.15, 0.2) is 23.1 Å². The van der Waals surface area contributed by atoms with Gasteiger partial charge in [0, 0.05) is 20.2 Å². The van der Waals surface area contributed by atoms with Gasteiger partial charge in [-0.2, -0.15) is 0 Å². The number of benzene rings is 1. The molecule has 18 heavy (non-hydrogen) atoms. The largest absolute Gasteiger partial charge is 0.495 e. The average molecular weight is 268 g/mol. The summed E-state index contributed by atoms with van der Waals surface area (Å²) in [5, 5.41) is 2.95. The van der Waals surface area contributed by atoms with Crippen LogP contribution >= 0.6 is 0 Å². The third kappa shape index (κ3) is 2.94. The maximum Gasteiger partial charge on any atom is 0.242 e. The lowest BCUT2D eigenvalue weighted by Crippen LogP contribution is -2.22. The van der Waals surface area contributed by atoms with E-state index in [1.54, 1.807) is 6.07 Å². The van der Waals surface area contributed by atoms with Crippen LogP contribution in [0.2, 0.25) is 0 Å². The van der Waals surface area contributed by atoms with Crippen molar-refractivity contribution in [2.75, 3.05) is 33.1 Å². The molecular formula is C12H16N2O3S. The summed E-state index contributed by atoms with van der Waals surface area (Å²) in [5.74, 6) is 2.88. The maximum absolute atomic E-state index is 11.9. The van der Waals surface area contributed by atoms with E-state index in [2.05, 4.69) is 11.2 Å². The van der Waals surface area contributed by atoms with Crippen LogP contribution in [-0.4, -0.2) is 40.5 Å². The van der Waals surface area contributed by atoms with Crippen LogP contribution in [0.3, 0.4) is 0 Å². The highest BCUT2D eigenvalue weighted by Crippen LogP contribution is 2.28. The van der Waals surface area contributed by atoms with E-state index in [0.717, 1.165) is 4.31 Å². The van der Waals surface area contributed by atoms with Crippen LogP contribution in [0.4, 0.5) is 5.69 Å². The molecule has 0 spiro atoms.